The monoisotopic (exact) mass is 441 g/mol. The molecule has 1 aliphatic heterocycles. The fraction of sp³-hybridized carbons (Fsp3) is 0.310. The van der Waals surface area contributed by atoms with Crippen LogP contribution in [-0.4, -0.2) is 29.9 Å². The molecule has 33 heavy (non-hydrogen) atoms. The van der Waals surface area contributed by atoms with Crippen LogP contribution in [0, 0.1) is 5.92 Å². The predicted octanol–water partition coefficient (Wildman–Crippen LogP) is 5.83. The number of hydrogen-bond donors (Lipinski definition) is 0. The molecule has 3 aromatic rings. The SMILES string of the molecule is CC(=O)OC(C(=O)N1CCC(CCc2ccc(-c3ccccc3)cc2)CC1)c1ccccc1. The number of hydrogen-bond acceptors (Lipinski definition) is 3. The van der Waals surface area contributed by atoms with Gasteiger partial charge in [0.1, 0.15) is 0 Å². The Morgan fingerprint density at radius 2 is 1.42 bits per heavy atom. The number of nitrogens with zero attached hydrogens (tertiary/aromatic N) is 1. The number of esters is 1. The van der Waals surface area contributed by atoms with Crippen molar-refractivity contribution in [1.82, 2.24) is 4.90 Å². The zero-order valence-electron chi connectivity index (χ0n) is 19.2. The molecule has 0 radical (unpaired) electrons. The number of likely N-dealkylation sites (tertiary alicyclic amines) is 1. The van der Waals surface area contributed by atoms with Gasteiger partial charge in [-0.05, 0) is 48.3 Å². The van der Waals surface area contributed by atoms with Crippen LogP contribution in [0.2, 0.25) is 0 Å². The number of rotatable bonds is 7. The minimum absolute atomic E-state index is 0.119. The van der Waals surface area contributed by atoms with Crippen molar-refractivity contribution >= 4 is 11.9 Å². The second kappa shape index (κ2) is 11.0. The minimum atomic E-state index is -0.858. The molecule has 3 aromatic carbocycles. The topological polar surface area (TPSA) is 46.6 Å². The van der Waals surface area contributed by atoms with Crippen LogP contribution in [0.15, 0.2) is 84.9 Å². The molecule has 4 heteroatoms. The summed E-state index contributed by atoms with van der Waals surface area (Å²) in [7, 11) is 0. The summed E-state index contributed by atoms with van der Waals surface area (Å²) < 4.78 is 5.40. The Labute approximate surface area is 196 Å². The third kappa shape index (κ3) is 6.10. The van der Waals surface area contributed by atoms with E-state index < -0.39 is 12.1 Å². The molecule has 1 fully saturated rings. The standard InChI is InChI=1S/C29H31NO3/c1-22(31)33-28(27-10-6-3-7-11-27)29(32)30-20-18-24(19-21-30)13-12-23-14-16-26(17-15-23)25-8-4-2-5-9-25/h2-11,14-17,24,28H,12-13,18-21H2,1H3. The summed E-state index contributed by atoms with van der Waals surface area (Å²) in [5.41, 5.74) is 4.56. The maximum atomic E-state index is 13.1. The third-order valence-electron chi connectivity index (χ3n) is 6.44. The summed E-state index contributed by atoms with van der Waals surface area (Å²) in [6.07, 6.45) is 3.28. The molecule has 0 saturated carbocycles. The van der Waals surface area contributed by atoms with Gasteiger partial charge in [-0.3, -0.25) is 9.59 Å². The highest BCUT2D eigenvalue weighted by atomic mass is 16.5. The smallest absolute Gasteiger partial charge is 0.303 e. The average Bonchev–Trinajstić information content (AvgIpc) is 2.87. The first-order chi connectivity index (χ1) is 16.1. The van der Waals surface area contributed by atoms with Crippen LogP contribution in [0.1, 0.15) is 43.4 Å². The van der Waals surface area contributed by atoms with E-state index in [1.165, 1.54) is 23.6 Å². The van der Waals surface area contributed by atoms with Crippen molar-refractivity contribution in [3.8, 4) is 11.1 Å². The third-order valence-corrected chi connectivity index (χ3v) is 6.44. The highest BCUT2D eigenvalue weighted by Crippen LogP contribution is 2.27. The number of benzene rings is 3. The number of ether oxygens (including phenoxy) is 1. The summed E-state index contributed by atoms with van der Waals surface area (Å²) in [6, 6.07) is 28.6. The Bertz CT molecular complexity index is 1040. The van der Waals surface area contributed by atoms with Crippen molar-refractivity contribution in [2.45, 2.75) is 38.7 Å². The van der Waals surface area contributed by atoms with E-state index in [4.69, 9.17) is 4.74 Å². The van der Waals surface area contributed by atoms with Gasteiger partial charge in [0.2, 0.25) is 6.10 Å². The van der Waals surface area contributed by atoms with Crippen molar-refractivity contribution in [2.75, 3.05) is 13.1 Å². The molecule has 4 rings (SSSR count). The molecule has 170 valence electrons. The van der Waals surface area contributed by atoms with Gasteiger partial charge in [0.05, 0.1) is 0 Å². The van der Waals surface area contributed by atoms with Gasteiger partial charge in [0.25, 0.3) is 5.91 Å². The molecule has 0 spiro atoms. The highest BCUT2D eigenvalue weighted by molar-refractivity contribution is 5.84. The molecule has 1 amide bonds. The van der Waals surface area contributed by atoms with Gasteiger partial charge in [0, 0.05) is 25.6 Å². The van der Waals surface area contributed by atoms with E-state index in [1.54, 1.807) is 0 Å². The van der Waals surface area contributed by atoms with Crippen LogP contribution in [0.5, 0.6) is 0 Å². The normalized spacial score (nSPS) is 15.1. The molecule has 0 aliphatic carbocycles. The maximum absolute atomic E-state index is 13.1. The Hall–Kier alpha value is -3.40. The van der Waals surface area contributed by atoms with Gasteiger partial charge in [-0.25, -0.2) is 0 Å². The quantitative estimate of drug-likeness (QED) is 0.434. The summed E-state index contributed by atoms with van der Waals surface area (Å²) in [4.78, 5) is 26.6. The van der Waals surface area contributed by atoms with Gasteiger partial charge in [-0.15, -0.1) is 0 Å². The van der Waals surface area contributed by atoms with Gasteiger partial charge in [-0.1, -0.05) is 84.9 Å². The van der Waals surface area contributed by atoms with Crippen molar-refractivity contribution in [3.05, 3.63) is 96.1 Å². The number of amides is 1. The lowest BCUT2D eigenvalue weighted by molar-refractivity contribution is -0.160. The average molecular weight is 442 g/mol. The zero-order valence-corrected chi connectivity index (χ0v) is 19.2. The van der Waals surface area contributed by atoms with Crippen LogP contribution < -0.4 is 0 Å². The molecule has 1 atom stereocenters. The lowest BCUT2D eigenvalue weighted by Gasteiger charge is -2.34. The number of carbonyl (C=O) groups is 2. The van der Waals surface area contributed by atoms with Crippen molar-refractivity contribution in [3.63, 3.8) is 0 Å². The van der Waals surface area contributed by atoms with E-state index >= 15 is 0 Å². The molecule has 1 heterocycles. The van der Waals surface area contributed by atoms with Crippen LogP contribution in [-0.2, 0) is 20.7 Å². The molecular weight excluding hydrogens is 410 g/mol. The molecule has 0 N–H and O–H groups in total. The predicted molar refractivity (Wildman–Crippen MR) is 130 cm³/mol. The first-order valence-electron chi connectivity index (χ1n) is 11.8. The van der Waals surface area contributed by atoms with Crippen molar-refractivity contribution < 1.29 is 14.3 Å². The van der Waals surface area contributed by atoms with Gasteiger partial charge >= 0.3 is 5.97 Å². The zero-order chi connectivity index (χ0) is 23.0. The summed E-state index contributed by atoms with van der Waals surface area (Å²) >= 11 is 0. The second-order valence-electron chi connectivity index (χ2n) is 8.77. The van der Waals surface area contributed by atoms with Crippen LogP contribution in [0.3, 0.4) is 0 Å². The summed E-state index contributed by atoms with van der Waals surface area (Å²) in [5, 5.41) is 0. The number of piperidine rings is 1. The Kier molecular flexibility index (Phi) is 7.56. The maximum Gasteiger partial charge on any atom is 0.303 e. The largest absolute Gasteiger partial charge is 0.447 e. The Morgan fingerprint density at radius 1 is 0.848 bits per heavy atom. The minimum Gasteiger partial charge on any atom is -0.447 e. The Morgan fingerprint density at radius 3 is 2.03 bits per heavy atom. The van der Waals surface area contributed by atoms with Gasteiger partial charge in [-0.2, -0.15) is 0 Å². The molecule has 0 aromatic heterocycles. The number of carbonyl (C=O) groups excluding carboxylic acids is 2. The summed E-state index contributed by atoms with van der Waals surface area (Å²) in [5.74, 6) is 0.0449. The van der Waals surface area contributed by atoms with E-state index in [-0.39, 0.29) is 5.91 Å². The van der Waals surface area contributed by atoms with Crippen molar-refractivity contribution in [1.29, 1.82) is 0 Å². The fourth-order valence-electron chi connectivity index (χ4n) is 4.53. The molecule has 1 saturated heterocycles. The highest BCUT2D eigenvalue weighted by Gasteiger charge is 2.31. The Balaban J connectivity index is 1.28. The second-order valence-corrected chi connectivity index (χ2v) is 8.77. The van der Waals surface area contributed by atoms with Gasteiger partial charge in [0.15, 0.2) is 0 Å². The first-order valence-corrected chi connectivity index (χ1v) is 11.8. The lowest BCUT2D eigenvalue weighted by atomic mass is 9.90. The molecule has 0 bridgehead atoms. The van der Waals surface area contributed by atoms with Crippen molar-refractivity contribution in [2.24, 2.45) is 5.92 Å². The molecule has 1 aliphatic rings. The van der Waals surface area contributed by atoms with E-state index in [1.807, 2.05) is 41.3 Å². The van der Waals surface area contributed by atoms with Crippen LogP contribution >= 0.6 is 0 Å². The van der Waals surface area contributed by atoms with Crippen LogP contribution in [0.4, 0.5) is 0 Å². The summed E-state index contributed by atoms with van der Waals surface area (Å²) in [6.45, 7) is 2.77. The number of aryl methyl sites for hydroxylation is 1. The van der Waals surface area contributed by atoms with E-state index in [9.17, 15) is 9.59 Å². The van der Waals surface area contributed by atoms with Gasteiger partial charge < -0.3 is 9.64 Å². The van der Waals surface area contributed by atoms with E-state index in [2.05, 4.69) is 48.5 Å². The van der Waals surface area contributed by atoms with E-state index in [0.717, 1.165) is 31.2 Å². The fourth-order valence-corrected chi connectivity index (χ4v) is 4.53. The first kappa shape index (κ1) is 22.8. The molecular formula is C29H31NO3. The molecule has 4 nitrogen and oxygen atoms in total. The van der Waals surface area contributed by atoms with E-state index in [0.29, 0.717) is 19.0 Å². The molecule has 1 unspecified atom stereocenters. The lowest BCUT2D eigenvalue weighted by Crippen LogP contribution is -2.42. The van der Waals surface area contributed by atoms with Crippen LogP contribution in [0.25, 0.3) is 11.1 Å².